The lowest BCUT2D eigenvalue weighted by Gasteiger charge is -2.33. The number of allylic oxidation sites excluding steroid dienone is 4. The van der Waals surface area contributed by atoms with Crippen LogP contribution in [-0.4, -0.2) is 0 Å². The Morgan fingerprint density at radius 1 is 1.38 bits per heavy atom. The maximum Gasteiger partial charge on any atom is -0.0109 e. The van der Waals surface area contributed by atoms with Crippen LogP contribution < -0.4 is 0 Å². The molecule has 0 radical (unpaired) electrons. The van der Waals surface area contributed by atoms with Gasteiger partial charge in [0, 0.05) is 0 Å². The lowest BCUT2D eigenvalue weighted by atomic mass is 9.72. The van der Waals surface area contributed by atoms with Crippen molar-refractivity contribution in [2.45, 2.75) is 47.0 Å². The van der Waals surface area contributed by atoms with Crippen molar-refractivity contribution >= 4 is 0 Å². The van der Waals surface area contributed by atoms with Crippen LogP contribution in [0.3, 0.4) is 0 Å². The molecule has 0 N–H and O–H groups in total. The smallest absolute Gasteiger partial charge is 0.0109 e. The molecule has 1 unspecified atom stereocenters. The van der Waals surface area contributed by atoms with Gasteiger partial charge in [0.2, 0.25) is 0 Å². The van der Waals surface area contributed by atoms with Crippen molar-refractivity contribution in [2.75, 3.05) is 0 Å². The molecule has 1 atom stereocenters. The standard InChI is InChI=1S/C13H22/c1-5-6-8-12-9-7-10-13(3,4)11(12)2/h7,9-11H,5-6,8H2,1-4H3. The van der Waals surface area contributed by atoms with E-state index in [-0.39, 0.29) is 0 Å². The average molecular weight is 178 g/mol. The van der Waals surface area contributed by atoms with Crippen LogP contribution in [0, 0.1) is 11.3 Å². The molecule has 0 aromatic rings. The number of unbranched alkanes of at least 4 members (excludes halogenated alkanes) is 1. The van der Waals surface area contributed by atoms with Crippen molar-refractivity contribution in [3.05, 3.63) is 23.8 Å². The topological polar surface area (TPSA) is 0 Å². The first kappa shape index (κ1) is 10.6. The van der Waals surface area contributed by atoms with Crippen LogP contribution in [0.2, 0.25) is 0 Å². The van der Waals surface area contributed by atoms with Crippen molar-refractivity contribution in [1.29, 1.82) is 0 Å². The van der Waals surface area contributed by atoms with E-state index >= 15 is 0 Å². The van der Waals surface area contributed by atoms with E-state index in [2.05, 4.69) is 45.9 Å². The van der Waals surface area contributed by atoms with Crippen LogP contribution in [0.1, 0.15) is 47.0 Å². The number of rotatable bonds is 3. The van der Waals surface area contributed by atoms with Gasteiger partial charge in [0.05, 0.1) is 0 Å². The molecule has 0 heterocycles. The second kappa shape index (κ2) is 4.13. The zero-order valence-electron chi connectivity index (χ0n) is 9.43. The highest BCUT2D eigenvalue weighted by molar-refractivity contribution is 5.25. The fourth-order valence-electron chi connectivity index (χ4n) is 1.87. The molecule has 0 nitrogen and oxygen atoms in total. The normalized spacial score (nSPS) is 25.8. The summed E-state index contributed by atoms with van der Waals surface area (Å²) in [5, 5.41) is 0. The van der Waals surface area contributed by atoms with Gasteiger partial charge in [0.1, 0.15) is 0 Å². The number of hydrogen-bond donors (Lipinski definition) is 0. The first-order valence-electron chi connectivity index (χ1n) is 5.46. The molecule has 0 aromatic heterocycles. The molecule has 0 aliphatic heterocycles. The zero-order valence-corrected chi connectivity index (χ0v) is 9.43. The van der Waals surface area contributed by atoms with Gasteiger partial charge in [0.15, 0.2) is 0 Å². The molecule has 0 heteroatoms. The molecule has 1 aliphatic rings. The van der Waals surface area contributed by atoms with E-state index in [0.717, 1.165) is 0 Å². The summed E-state index contributed by atoms with van der Waals surface area (Å²) in [6.45, 7) is 9.26. The predicted molar refractivity (Wildman–Crippen MR) is 59.7 cm³/mol. The van der Waals surface area contributed by atoms with Crippen LogP contribution in [0.25, 0.3) is 0 Å². The van der Waals surface area contributed by atoms with Crippen molar-refractivity contribution < 1.29 is 0 Å². The minimum absolute atomic E-state index is 0.359. The van der Waals surface area contributed by atoms with E-state index in [1.54, 1.807) is 5.57 Å². The van der Waals surface area contributed by atoms with Crippen LogP contribution in [0.15, 0.2) is 23.8 Å². The fourth-order valence-corrected chi connectivity index (χ4v) is 1.87. The quantitative estimate of drug-likeness (QED) is 0.603. The summed E-state index contributed by atoms with van der Waals surface area (Å²) in [5.41, 5.74) is 1.99. The van der Waals surface area contributed by atoms with Crippen molar-refractivity contribution in [1.82, 2.24) is 0 Å². The van der Waals surface area contributed by atoms with Gasteiger partial charge in [0.25, 0.3) is 0 Å². The van der Waals surface area contributed by atoms with Crippen LogP contribution >= 0.6 is 0 Å². The minimum Gasteiger partial charge on any atom is -0.0783 e. The molecule has 0 saturated carbocycles. The Balaban J connectivity index is 2.64. The third-order valence-corrected chi connectivity index (χ3v) is 3.33. The monoisotopic (exact) mass is 178 g/mol. The molecule has 0 spiro atoms. The largest absolute Gasteiger partial charge is 0.0783 e. The first-order chi connectivity index (χ1) is 6.08. The molecule has 1 rings (SSSR count). The molecule has 0 aromatic carbocycles. The molecular weight excluding hydrogens is 156 g/mol. The fraction of sp³-hybridized carbons (Fsp3) is 0.692. The van der Waals surface area contributed by atoms with Crippen molar-refractivity contribution in [3.8, 4) is 0 Å². The van der Waals surface area contributed by atoms with Crippen molar-refractivity contribution in [2.24, 2.45) is 11.3 Å². The van der Waals surface area contributed by atoms with Crippen molar-refractivity contribution in [3.63, 3.8) is 0 Å². The van der Waals surface area contributed by atoms with Crippen LogP contribution in [0.4, 0.5) is 0 Å². The summed E-state index contributed by atoms with van der Waals surface area (Å²) in [4.78, 5) is 0. The summed E-state index contributed by atoms with van der Waals surface area (Å²) in [6.07, 6.45) is 10.8. The van der Waals surface area contributed by atoms with Crippen LogP contribution in [-0.2, 0) is 0 Å². The summed E-state index contributed by atoms with van der Waals surface area (Å²) < 4.78 is 0. The molecule has 74 valence electrons. The highest BCUT2D eigenvalue weighted by Gasteiger charge is 2.27. The third-order valence-electron chi connectivity index (χ3n) is 3.33. The second-order valence-electron chi connectivity index (χ2n) is 4.75. The van der Waals surface area contributed by atoms with E-state index in [0.29, 0.717) is 11.3 Å². The lowest BCUT2D eigenvalue weighted by Crippen LogP contribution is -2.22. The maximum atomic E-state index is 2.35. The SMILES string of the molecule is CCCCC1=CC=CC(C)(C)C1C. The van der Waals surface area contributed by atoms with E-state index < -0.39 is 0 Å². The van der Waals surface area contributed by atoms with Gasteiger partial charge in [-0.05, 0) is 24.2 Å². The summed E-state index contributed by atoms with van der Waals surface area (Å²) >= 11 is 0. The van der Waals surface area contributed by atoms with Crippen LogP contribution in [0.5, 0.6) is 0 Å². The Morgan fingerprint density at radius 2 is 2.08 bits per heavy atom. The molecule has 13 heavy (non-hydrogen) atoms. The molecule has 0 saturated heterocycles. The van der Waals surface area contributed by atoms with Gasteiger partial charge in [-0.1, -0.05) is 57.9 Å². The zero-order chi connectivity index (χ0) is 9.90. The lowest BCUT2D eigenvalue weighted by molar-refractivity contribution is 0.338. The first-order valence-corrected chi connectivity index (χ1v) is 5.46. The Bertz CT molecular complexity index is 218. The van der Waals surface area contributed by atoms with Gasteiger partial charge >= 0.3 is 0 Å². The third kappa shape index (κ3) is 2.46. The summed E-state index contributed by atoms with van der Waals surface area (Å²) in [7, 11) is 0. The average Bonchev–Trinajstić information content (AvgIpc) is 2.08. The van der Waals surface area contributed by atoms with Gasteiger partial charge < -0.3 is 0 Å². The Hall–Kier alpha value is -0.520. The molecular formula is C13H22. The highest BCUT2D eigenvalue weighted by atomic mass is 14.3. The Kier molecular flexibility index (Phi) is 3.35. The molecule has 0 amide bonds. The minimum atomic E-state index is 0.359. The molecule has 1 aliphatic carbocycles. The van der Waals surface area contributed by atoms with E-state index in [4.69, 9.17) is 0 Å². The van der Waals surface area contributed by atoms with E-state index in [1.807, 2.05) is 0 Å². The van der Waals surface area contributed by atoms with Gasteiger partial charge in [-0.3, -0.25) is 0 Å². The molecule has 0 bridgehead atoms. The summed E-state index contributed by atoms with van der Waals surface area (Å²) in [6, 6.07) is 0. The van der Waals surface area contributed by atoms with Gasteiger partial charge in [-0.2, -0.15) is 0 Å². The number of hydrogen-bond acceptors (Lipinski definition) is 0. The second-order valence-corrected chi connectivity index (χ2v) is 4.75. The van der Waals surface area contributed by atoms with E-state index in [1.165, 1.54) is 19.3 Å². The van der Waals surface area contributed by atoms with Gasteiger partial charge in [-0.25, -0.2) is 0 Å². The predicted octanol–water partition coefficient (Wildman–Crippen LogP) is 4.34. The Labute approximate surface area is 82.7 Å². The van der Waals surface area contributed by atoms with E-state index in [9.17, 15) is 0 Å². The summed E-state index contributed by atoms with van der Waals surface area (Å²) in [5.74, 6) is 0.712. The highest BCUT2D eigenvalue weighted by Crippen LogP contribution is 2.38. The Morgan fingerprint density at radius 3 is 2.69 bits per heavy atom. The maximum absolute atomic E-state index is 2.35. The van der Waals surface area contributed by atoms with Gasteiger partial charge in [-0.15, -0.1) is 0 Å². The molecule has 0 fully saturated rings.